The monoisotopic (exact) mass is 1800 g/mol. The van der Waals surface area contributed by atoms with Crippen molar-refractivity contribution in [1.82, 2.24) is 0 Å². The summed E-state index contributed by atoms with van der Waals surface area (Å²) in [4.78, 5) is 14.8. The smallest absolute Gasteiger partial charge is 0.222 e. The molecule has 21 heteroatoms. The van der Waals surface area contributed by atoms with Gasteiger partial charge in [-0.25, -0.2) is 0 Å². The zero-order chi connectivity index (χ0) is 90.8. The third kappa shape index (κ3) is 30.4. The Morgan fingerprint density at radius 2 is 0.368 bits per heavy atom. The summed E-state index contributed by atoms with van der Waals surface area (Å²) in [6.45, 7) is 3.01. The quantitative estimate of drug-likeness (QED) is 0.0197. The van der Waals surface area contributed by atoms with Gasteiger partial charge in [-0.2, -0.15) is 0 Å². The van der Waals surface area contributed by atoms with Crippen molar-refractivity contribution in [1.29, 1.82) is 0 Å². The lowest BCUT2D eigenvalue weighted by Crippen LogP contribution is -2.62. The van der Waals surface area contributed by atoms with Crippen LogP contribution in [0.1, 0.15) is 105 Å². The Morgan fingerprint density at radius 3 is 0.541 bits per heavy atom. The predicted octanol–water partition coefficient (Wildman–Crippen LogP) is 20.5. The average Bonchev–Trinajstić information content (AvgIpc) is 0.793. The van der Waals surface area contributed by atoms with Crippen LogP contribution >= 0.6 is 0 Å². The summed E-state index contributed by atoms with van der Waals surface area (Å²) in [5.74, 6) is 0. The van der Waals surface area contributed by atoms with E-state index in [0.717, 1.165) is 66.8 Å². The first-order valence-electron chi connectivity index (χ1n) is 46.5. The summed E-state index contributed by atoms with van der Waals surface area (Å²) in [5.41, 5.74) is 9.74. The Bertz CT molecular complexity index is 4640. The molecule has 133 heavy (non-hydrogen) atoms. The van der Waals surface area contributed by atoms with Gasteiger partial charge in [-0.05, 0) is 86.0 Å². The number of hydrogen-bond donors (Lipinski definition) is 0. The van der Waals surface area contributed by atoms with Crippen molar-refractivity contribution >= 4 is 0 Å². The highest BCUT2D eigenvalue weighted by molar-refractivity contribution is 5.23. The van der Waals surface area contributed by atoms with Crippen LogP contribution in [0.25, 0.3) is 0 Å². The first kappa shape index (κ1) is 96.9. The van der Waals surface area contributed by atoms with E-state index in [1.165, 1.54) is 0 Å². The van der Waals surface area contributed by atoms with Crippen LogP contribution in [0.2, 0.25) is 0 Å². The van der Waals surface area contributed by atoms with Crippen LogP contribution in [0.4, 0.5) is 0 Å². The zero-order valence-electron chi connectivity index (χ0n) is 75.4. The Kier molecular flexibility index (Phi) is 38.9. The van der Waals surface area contributed by atoms with Crippen LogP contribution < -0.4 is 0 Å². The molecule has 0 aliphatic carbocycles. The lowest BCUT2D eigenvalue weighted by atomic mass is 9.84. The van der Waals surface area contributed by atoms with Crippen molar-refractivity contribution in [2.45, 2.75) is 215 Å². The molecule has 0 bridgehead atoms. The van der Waals surface area contributed by atoms with Gasteiger partial charge in [0.05, 0.1) is 119 Å². The molecule has 696 valence electrons. The summed E-state index contributed by atoms with van der Waals surface area (Å²) in [7, 11) is 0. The molecular formula is C112H123NO20. The van der Waals surface area contributed by atoms with Crippen LogP contribution in [0, 0.1) is 10.1 Å². The van der Waals surface area contributed by atoms with Crippen molar-refractivity contribution in [3.8, 4) is 0 Å². The van der Waals surface area contributed by atoms with Gasteiger partial charge in [0.1, 0.15) is 73.2 Å². The van der Waals surface area contributed by atoms with E-state index < -0.39 is 97.7 Å². The van der Waals surface area contributed by atoms with E-state index in [9.17, 15) is 10.1 Å². The Hall–Kier alpha value is -10.7. The minimum absolute atomic E-state index is 0.000901. The van der Waals surface area contributed by atoms with Gasteiger partial charge >= 0.3 is 0 Å². The third-order valence-corrected chi connectivity index (χ3v) is 24.1. The van der Waals surface area contributed by atoms with Gasteiger partial charge in [0.2, 0.25) is 5.54 Å². The van der Waals surface area contributed by atoms with Crippen molar-refractivity contribution in [2.75, 3.05) is 39.6 Å². The molecule has 3 aliphatic heterocycles. The Balaban J connectivity index is 0.742. The largest absolute Gasteiger partial charge is 0.374 e. The second kappa shape index (κ2) is 53.4. The van der Waals surface area contributed by atoms with E-state index >= 15 is 0 Å². The highest BCUT2D eigenvalue weighted by atomic mass is 16.7. The summed E-state index contributed by atoms with van der Waals surface area (Å²) in [6.07, 6.45) is -12.2. The molecule has 0 unspecified atom stereocenters. The number of ether oxygens (including phenoxy) is 18. The number of nitro groups is 1. The molecule has 3 saturated heterocycles. The molecule has 0 saturated carbocycles. The van der Waals surface area contributed by atoms with E-state index in [0.29, 0.717) is 19.8 Å². The van der Waals surface area contributed by atoms with E-state index in [1.54, 1.807) is 0 Å². The minimum atomic E-state index is -1.64. The highest BCUT2D eigenvalue weighted by Crippen LogP contribution is 2.39. The molecule has 15 rings (SSSR count). The fraction of sp³-hybridized carbons (Fsp3) is 0.357. The molecule has 0 spiro atoms. The van der Waals surface area contributed by atoms with Gasteiger partial charge in [0.25, 0.3) is 0 Å². The summed E-state index contributed by atoms with van der Waals surface area (Å²) >= 11 is 0. The topological polar surface area (TPSA) is 209 Å². The minimum Gasteiger partial charge on any atom is -0.374 e. The molecule has 0 amide bonds. The van der Waals surface area contributed by atoms with Gasteiger partial charge in [0.15, 0.2) is 18.9 Å². The number of rotatable bonds is 55. The van der Waals surface area contributed by atoms with Crippen molar-refractivity contribution in [3.63, 3.8) is 0 Å². The maximum atomic E-state index is 15.0. The lowest BCUT2D eigenvalue weighted by Gasteiger charge is -2.46. The highest BCUT2D eigenvalue weighted by Gasteiger charge is 2.53. The SMILES string of the molecule is O=[N+]([O-])C(CCCO[C@H]1O[C@H](COCc2ccccc2)[C@@H](OCc2ccccc2)[C@H](OCc2ccccc2)[C@@H]1OCc1ccccc1)(CCCO[C@H]1O[C@H](COCc2ccccc2)[C@@H](OCc2ccccc2)[C@H](OCc2ccccc2)[C@@H]1OCc1ccccc1)CCCO[C@H]1O[C@H](COCc2ccccc2)[C@@H](OCc2ccccc2)[C@H](OCc2ccccc2)[C@@H]1OCc1ccccc1. The van der Waals surface area contributed by atoms with Crippen LogP contribution in [-0.2, 0) is 165 Å². The van der Waals surface area contributed by atoms with Gasteiger partial charge in [0, 0.05) is 24.2 Å². The van der Waals surface area contributed by atoms with Crippen molar-refractivity contribution in [2.24, 2.45) is 0 Å². The zero-order valence-corrected chi connectivity index (χ0v) is 75.4. The fourth-order valence-electron chi connectivity index (χ4n) is 17.1. The summed E-state index contributed by atoms with van der Waals surface area (Å²) < 4.78 is 126. The maximum absolute atomic E-state index is 15.0. The Morgan fingerprint density at radius 1 is 0.211 bits per heavy atom. The third-order valence-electron chi connectivity index (χ3n) is 24.1. The molecule has 3 aliphatic rings. The lowest BCUT2D eigenvalue weighted by molar-refractivity contribution is -0.575. The molecule has 0 radical (unpaired) electrons. The maximum Gasteiger partial charge on any atom is 0.222 e. The van der Waals surface area contributed by atoms with Crippen molar-refractivity contribution < 1.29 is 90.2 Å². The molecule has 0 aromatic heterocycles. The van der Waals surface area contributed by atoms with Gasteiger partial charge in [-0.3, -0.25) is 10.1 Å². The van der Waals surface area contributed by atoms with Crippen molar-refractivity contribution in [3.05, 3.63) is 441 Å². The van der Waals surface area contributed by atoms with E-state index in [-0.39, 0.29) is 143 Å². The van der Waals surface area contributed by atoms with Crippen LogP contribution in [0.3, 0.4) is 0 Å². The molecule has 15 atom stereocenters. The Labute approximate surface area is 781 Å². The predicted molar refractivity (Wildman–Crippen MR) is 505 cm³/mol. The van der Waals surface area contributed by atoms with Gasteiger partial charge in [-0.1, -0.05) is 364 Å². The molecule has 0 N–H and O–H groups in total. The summed E-state index contributed by atoms with van der Waals surface area (Å²) in [5, 5.41) is 15.0. The number of benzene rings is 12. The first-order chi connectivity index (χ1) is 65.8. The fourth-order valence-corrected chi connectivity index (χ4v) is 17.1. The first-order valence-corrected chi connectivity index (χ1v) is 46.5. The van der Waals surface area contributed by atoms with Crippen LogP contribution in [0.15, 0.2) is 364 Å². The number of hydrogen-bond acceptors (Lipinski definition) is 20. The van der Waals surface area contributed by atoms with E-state index in [1.807, 2.05) is 364 Å². The van der Waals surface area contributed by atoms with Crippen LogP contribution in [-0.4, -0.2) is 142 Å². The van der Waals surface area contributed by atoms with E-state index in [2.05, 4.69) is 0 Å². The molecule has 21 nitrogen and oxygen atoms in total. The molecular weight excluding hydrogens is 1680 g/mol. The van der Waals surface area contributed by atoms with Gasteiger partial charge < -0.3 is 85.3 Å². The van der Waals surface area contributed by atoms with Gasteiger partial charge in [-0.15, -0.1) is 0 Å². The molecule has 12 aromatic carbocycles. The second-order valence-corrected chi connectivity index (χ2v) is 33.9. The second-order valence-electron chi connectivity index (χ2n) is 33.9. The number of nitrogens with zero attached hydrogens (tertiary/aromatic N) is 1. The molecule has 12 aromatic rings. The molecule has 3 fully saturated rings. The van der Waals surface area contributed by atoms with Crippen LogP contribution in [0.5, 0.6) is 0 Å². The average molecular weight is 1800 g/mol. The molecule has 3 heterocycles. The normalized spacial score (nSPS) is 22.0. The standard InChI is InChI=1S/C112H123NO20/c114-113(115)112(64-37-67-119-109-106(128-79-94-58-31-10-32-59-94)103(125-76-91-52-25-7-26-53-91)100(122-73-88-46-19-4-20-47-88)97(131-109)82-116-70-85-40-13-1-14-41-85,65-38-68-120-110-107(129-80-95-60-33-11-34-61-95)104(126-77-92-54-27-8-28-55-92)101(123-74-89-48-21-5-22-49-89)98(132-110)83-117-71-86-42-15-2-16-43-86)66-39-69-121-111-108(130-81-96-62-35-12-36-63-96)105(127-78-93-56-29-9-30-57-93)102(124-75-90-50-23-6-24-51-90)99(133-111)84-118-72-87-44-17-3-18-45-87/h1-36,40-63,97-111H,37-39,64-84H2/t97-,98-,99-,100-,101-,102-,103+,104+,105+,106+,107+,108+,109+,110+,111+/m1/s1. The summed E-state index contributed by atoms with van der Waals surface area (Å²) in [6, 6.07) is 120. The van der Waals surface area contributed by atoms with E-state index in [4.69, 9.17) is 85.3 Å².